The molecule has 0 bridgehead atoms. The lowest BCUT2D eigenvalue weighted by atomic mass is 10.1. The minimum atomic E-state index is -4.29. The van der Waals surface area contributed by atoms with Crippen molar-refractivity contribution in [3.05, 3.63) is 12.2 Å². The van der Waals surface area contributed by atoms with Gasteiger partial charge in [-0.25, -0.2) is 0 Å². The Morgan fingerprint density at radius 3 is 2.48 bits per heavy atom. The Balaban J connectivity index is 2.52. The maximum atomic E-state index is 12.8. The number of unbranched alkanes of at least 4 members (excludes halogenated alkanes) is 6. The molecule has 1 unspecified atom stereocenters. The van der Waals surface area contributed by atoms with Crippen molar-refractivity contribution >= 4 is 21.7 Å². The van der Waals surface area contributed by atoms with Gasteiger partial charge < -0.3 is 10.2 Å². The molecule has 1 atom stereocenters. The highest BCUT2D eigenvalue weighted by Gasteiger charge is 2.36. The van der Waals surface area contributed by atoms with Crippen molar-refractivity contribution in [3.8, 4) is 0 Å². The lowest BCUT2D eigenvalue weighted by molar-refractivity contribution is -0.525. The normalized spacial score (nSPS) is 16.2. The number of aliphatic hydroxyl groups excluding tert-OH is 2. The Morgan fingerprint density at radius 1 is 1.21 bits per heavy atom. The van der Waals surface area contributed by atoms with Gasteiger partial charge >= 0.3 is 5.84 Å². The molecule has 0 saturated carbocycles. The zero-order valence-electron chi connectivity index (χ0n) is 17.5. The van der Waals surface area contributed by atoms with E-state index in [4.69, 9.17) is 4.55 Å². The number of rotatable bonds is 16. The minimum Gasteiger partial charge on any atom is -0.392 e. The van der Waals surface area contributed by atoms with E-state index in [1.54, 1.807) is 9.48 Å². The van der Waals surface area contributed by atoms with E-state index in [1.165, 1.54) is 12.8 Å². The molecule has 29 heavy (non-hydrogen) atoms. The first-order chi connectivity index (χ1) is 13.8. The molecule has 1 aliphatic rings. The fourth-order valence-corrected chi connectivity index (χ4v) is 4.20. The summed E-state index contributed by atoms with van der Waals surface area (Å²) < 4.78 is 32.5. The first kappa shape index (κ1) is 25.7. The maximum Gasteiger partial charge on any atom is 0.316 e. The van der Waals surface area contributed by atoms with Gasteiger partial charge in [0.25, 0.3) is 10.1 Å². The van der Waals surface area contributed by atoms with E-state index in [2.05, 4.69) is 12.2 Å². The molecule has 8 nitrogen and oxygen atoms in total. The highest BCUT2D eigenvalue weighted by molar-refractivity contribution is 7.85. The zero-order valence-corrected chi connectivity index (χ0v) is 18.3. The van der Waals surface area contributed by atoms with Crippen molar-refractivity contribution in [2.24, 2.45) is 0 Å². The number of allylic oxidation sites excluding steroid dienone is 2. The van der Waals surface area contributed by atoms with Gasteiger partial charge in [0, 0.05) is 6.42 Å². The highest BCUT2D eigenvalue weighted by atomic mass is 32.2. The number of hydrogen-bond acceptors (Lipinski definition) is 6. The largest absolute Gasteiger partial charge is 0.392 e. The monoisotopic (exact) mass is 433 g/mol. The van der Waals surface area contributed by atoms with Crippen LogP contribution in [0.2, 0.25) is 0 Å². The first-order valence-electron chi connectivity index (χ1n) is 10.5. The van der Waals surface area contributed by atoms with Gasteiger partial charge in [0.15, 0.2) is 0 Å². The van der Waals surface area contributed by atoms with Crippen LogP contribution in [0.1, 0.15) is 58.3 Å². The summed E-state index contributed by atoms with van der Waals surface area (Å²) in [7, 11) is -4.29. The Morgan fingerprint density at radius 2 is 1.86 bits per heavy atom. The van der Waals surface area contributed by atoms with Crippen LogP contribution >= 0.6 is 0 Å². The summed E-state index contributed by atoms with van der Waals surface area (Å²) in [5, 5.41) is 19.2. The molecule has 0 aromatic carbocycles. The van der Waals surface area contributed by atoms with Gasteiger partial charge in [0.2, 0.25) is 5.78 Å². The van der Waals surface area contributed by atoms with Crippen LogP contribution < -0.4 is 0 Å². The summed E-state index contributed by atoms with van der Waals surface area (Å²) in [4.78, 5) is 14.5. The van der Waals surface area contributed by atoms with Crippen LogP contribution in [0.15, 0.2) is 12.2 Å². The van der Waals surface area contributed by atoms with Gasteiger partial charge in [-0.15, -0.1) is 0 Å². The van der Waals surface area contributed by atoms with E-state index in [-0.39, 0.29) is 18.9 Å². The molecule has 168 valence electrons. The fourth-order valence-electron chi connectivity index (χ4n) is 3.61. The SMILES string of the molecule is C/C=C/CCCCCCCCC(=O)C1=[N+](CC(O)CS(=O)(=O)O)CCN1CCO. The van der Waals surface area contributed by atoms with Gasteiger partial charge in [0.1, 0.15) is 38.0 Å². The molecular weight excluding hydrogens is 396 g/mol. The Hall–Kier alpha value is -1.29. The van der Waals surface area contributed by atoms with Crippen LogP contribution in [-0.2, 0) is 14.9 Å². The number of hydrogen-bond donors (Lipinski definition) is 3. The Kier molecular flexibility index (Phi) is 12.3. The van der Waals surface area contributed by atoms with Crippen LogP contribution in [0.3, 0.4) is 0 Å². The van der Waals surface area contributed by atoms with E-state index in [1.807, 2.05) is 6.92 Å². The van der Waals surface area contributed by atoms with Crippen molar-refractivity contribution in [2.45, 2.75) is 64.4 Å². The second-order valence-electron chi connectivity index (χ2n) is 7.53. The molecule has 0 aromatic heterocycles. The number of ketones is 1. The van der Waals surface area contributed by atoms with Crippen molar-refractivity contribution in [3.63, 3.8) is 0 Å². The summed E-state index contributed by atoms with van der Waals surface area (Å²) in [6, 6.07) is 0. The number of Topliss-reactive ketones (excluding diaryl/α,β-unsaturated/α-hetero) is 1. The smallest absolute Gasteiger partial charge is 0.316 e. The third-order valence-electron chi connectivity index (χ3n) is 4.95. The number of aliphatic hydroxyl groups is 2. The zero-order chi connectivity index (χ0) is 21.7. The first-order valence-corrected chi connectivity index (χ1v) is 12.1. The van der Waals surface area contributed by atoms with Crippen LogP contribution in [0.25, 0.3) is 0 Å². The molecule has 1 aliphatic heterocycles. The molecule has 0 aromatic rings. The molecule has 0 radical (unpaired) electrons. The highest BCUT2D eigenvalue weighted by Crippen LogP contribution is 2.12. The fraction of sp³-hybridized carbons (Fsp3) is 0.800. The van der Waals surface area contributed by atoms with Crippen LogP contribution in [0.4, 0.5) is 0 Å². The summed E-state index contributed by atoms with van der Waals surface area (Å²) in [6.07, 6.45) is 10.9. The lowest BCUT2D eigenvalue weighted by Crippen LogP contribution is -2.40. The van der Waals surface area contributed by atoms with Gasteiger partial charge in [-0.3, -0.25) is 18.8 Å². The van der Waals surface area contributed by atoms with E-state index in [0.29, 0.717) is 31.9 Å². The summed E-state index contributed by atoms with van der Waals surface area (Å²) in [5.41, 5.74) is 0. The maximum absolute atomic E-state index is 12.8. The van der Waals surface area contributed by atoms with Crippen LogP contribution in [0, 0.1) is 0 Å². The van der Waals surface area contributed by atoms with Gasteiger partial charge in [-0.2, -0.15) is 8.42 Å². The molecule has 0 spiro atoms. The molecule has 0 fully saturated rings. The van der Waals surface area contributed by atoms with E-state index in [0.717, 1.165) is 32.1 Å². The predicted molar refractivity (Wildman–Crippen MR) is 113 cm³/mol. The van der Waals surface area contributed by atoms with E-state index in [9.17, 15) is 23.4 Å². The van der Waals surface area contributed by atoms with Gasteiger partial charge in [0.05, 0.1) is 6.61 Å². The molecule has 9 heteroatoms. The molecule has 0 aliphatic carbocycles. The van der Waals surface area contributed by atoms with Crippen LogP contribution in [0.5, 0.6) is 0 Å². The van der Waals surface area contributed by atoms with Gasteiger partial charge in [-0.1, -0.05) is 37.8 Å². The number of carbonyl (C=O) groups excluding carboxylic acids is 1. The molecule has 0 saturated heterocycles. The minimum absolute atomic E-state index is 0.0466. The van der Waals surface area contributed by atoms with Crippen LogP contribution in [-0.4, -0.2) is 88.9 Å². The average molecular weight is 434 g/mol. The second-order valence-corrected chi connectivity index (χ2v) is 9.03. The summed E-state index contributed by atoms with van der Waals surface area (Å²) in [6.45, 7) is 3.21. The van der Waals surface area contributed by atoms with E-state index >= 15 is 0 Å². The second kappa shape index (κ2) is 13.8. The number of nitrogens with zero attached hydrogens (tertiary/aromatic N) is 2. The standard InChI is InChI=1S/C20H36N2O6S/c1-2-3-4-5-6-7-8-9-10-11-19(25)20-21(14-15-23)12-13-22(20)16-18(24)17-29(26,27)28/h2-3,18,23-24H,4-17H2,1H3/p+1/b3-2+. The van der Waals surface area contributed by atoms with Crippen molar-refractivity contribution < 1.29 is 32.6 Å². The molecular formula is C20H37N2O6S+. The third kappa shape index (κ3) is 10.9. The van der Waals surface area contributed by atoms with Crippen molar-refractivity contribution in [1.82, 2.24) is 4.90 Å². The molecule has 1 heterocycles. The molecule has 1 rings (SSSR count). The predicted octanol–water partition coefficient (Wildman–Crippen LogP) is 1.22. The van der Waals surface area contributed by atoms with Crippen molar-refractivity contribution in [2.75, 3.05) is 38.5 Å². The van der Waals surface area contributed by atoms with Gasteiger partial charge in [-0.05, 0) is 26.2 Å². The molecule has 0 amide bonds. The third-order valence-corrected chi connectivity index (χ3v) is 5.76. The Labute approximate surface area is 174 Å². The lowest BCUT2D eigenvalue weighted by Gasteiger charge is -2.13. The quantitative estimate of drug-likeness (QED) is 0.145. The topological polar surface area (TPSA) is 118 Å². The number of carbonyl (C=O) groups is 1. The Bertz CT molecular complexity index is 660. The summed E-state index contributed by atoms with van der Waals surface area (Å²) in [5.74, 6) is -0.387. The van der Waals surface area contributed by atoms with E-state index < -0.39 is 22.0 Å². The average Bonchev–Trinajstić information content (AvgIpc) is 3.01. The summed E-state index contributed by atoms with van der Waals surface area (Å²) >= 11 is 0. The van der Waals surface area contributed by atoms with Crippen molar-refractivity contribution in [1.29, 1.82) is 0 Å². The number of amidine groups is 1. The number of β-amino-alcohol motifs (C(OH)–C–C–N with tert-alkyl or cyclic N) is 2. The molecule has 3 N–H and O–H groups in total.